The second-order valence-corrected chi connectivity index (χ2v) is 4.53. The van der Waals surface area contributed by atoms with Crippen molar-refractivity contribution in [2.75, 3.05) is 13.7 Å². The van der Waals surface area contributed by atoms with Crippen LogP contribution in [0.3, 0.4) is 0 Å². The van der Waals surface area contributed by atoms with E-state index in [1.165, 1.54) is 13.2 Å². The molecule has 1 aromatic rings. The third-order valence-corrected chi connectivity index (χ3v) is 3.43. The molecule has 0 radical (unpaired) electrons. The molecule has 0 bridgehead atoms. The molecule has 1 saturated heterocycles. The molecule has 0 aromatic heterocycles. The largest absolute Gasteiger partial charge is 0.490 e. The number of nitro benzene ring substituents is 1. The maximum Gasteiger partial charge on any atom is 0.310 e. The van der Waals surface area contributed by atoms with Crippen LogP contribution in [-0.4, -0.2) is 24.1 Å². The average Bonchev–Trinajstić information content (AvgIpc) is 2.23. The fourth-order valence-corrected chi connectivity index (χ4v) is 2.34. The number of rotatable bonds is 4. The van der Waals surface area contributed by atoms with Crippen LogP contribution >= 0.6 is 11.8 Å². The Kier molecular flexibility index (Phi) is 3.31. The van der Waals surface area contributed by atoms with Crippen molar-refractivity contribution < 1.29 is 14.4 Å². The highest BCUT2D eigenvalue weighted by Gasteiger charge is 2.21. The Morgan fingerprint density at radius 3 is 2.88 bits per heavy atom. The molecular weight excluding hydrogens is 230 g/mol. The van der Waals surface area contributed by atoms with Gasteiger partial charge in [-0.25, -0.2) is 0 Å². The maximum absolute atomic E-state index is 10.7. The summed E-state index contributed by atoms with van der Waals surface area (Å²) in [6.45, 7) is 0.793. The quantitative estimate of drug-likeness (QED) is 0.598. The Morgan fingerprint density at radius 1 is 1.62 bits per heavy atom. The first-order valence-corrected chi connectivity index (χ1v) is 5.69. The first kappa shape index (κ1) is 11.2. The fraction of sp³-hybridized carbons (Fsp3) is 0.400. The summed E-state index contributed by atoms with van der Waals surface area (Å²) in [6, 6.07) is 4.84. The molecule has 1 heterocycles. The summed E-state index contributed by atoms with van der Waals surface area (Å²) in [5.74, 6) is 0.286. The Labute approximate surface area is 96.9 Å². The molecule has 5 nitrogen and oxygen atoms in total. The number of nitro groups is 1. The molecule has 1 atom stereocenters. The summed E-state index contributed by atoms with van der Waals surface area (Å²) in [4.78, 5) is 11.1. The van der Waals surface area contributed by atoms with E-state index >= 15 is 0 Å². The normalized spacial score (nSPS) is 18.9. The summed E-state index contributed by atoms with van der Waals surface area (Å²) in [5, 5.41) is 10.7. The van der Waals surface area contributed by atoms with E-state index in [2.05, 4.69) is 0 Å². The van der Waals surface area contributed by atoms with Crippen LogP contribution in [-0.2, 0) is 4.74 Å². The van der Waals surface area contributed by atoms with Crippen LogP contribution in [0, 0.1) is 10.1 Å². The van der Waals surface area contributed by atoms with E-state index in [1.807, 2.05) is 0 Å². The lowest BCUT2D eigenvalue weighted by atomic mass is 10.3. The minimum Gasteiger partial charge on any atom is -0.490 e. The summed E-state index contributed by atoms with van der Waals surface area (Å²) in [7, 11) is 1.43. The average molecular weight is 241 g/mol. The Morgan fingerprint density at radius 2 is 2.38 bits per heavy atom. The van der Waals surface area contributed by atoms with Crippen molar-refractivity contribution in [3.05, 3.63) is 28.3 Å². The van der Waals surface area contributed by atoms with Crippen molar-refractivity contribution in [2.45, 2.75) is 16.8 Å². The van der Waals surface area contributed by atoms with Crippen LogP contribution < -0.4 is 4.74 Å². The molecule has 0 aliphatic carbocycles. The molecule has 0 amide bonds. The van der Waals surface area contributed by atoms with Crippen LogP contribution in [0.5, 0.6) is 5.75 Å². The van der Waals surface area contributed by atoms with Gasteiger partial charge in [-0.2, -0.15) is 0 Å². The van der Waals surface area contributed by atoms with Crippen molar-refractivity contribution in [1.82, 2.24) is 0 Å². The Bertz CT molecular complexity index is 406. The van der Waals surface area contributed by atoms with E-state index in [1.54, 1.807) is 23.9 Å². The lowest BCUT2D eigenvalue weighted by Crippen LogP contribution is -2.22. The first-order valence-electron chi connectivity index (χ1n) is 4.81. The third-order valence-electron chi connectivity index (χ3n) is 2.27. The molecule has 6 heteroatoms. The zero-order valence-corrected chi connectivity index (χ0v) is 9.53. The van der Waals surface area contributed by atoms with E-state index in [-0.39, 0.29) is 16.9 Å². The van der Waals surface area contributed by atoms with Crippen molar-refractivity contribution in [2.24, 2.45) is 0 Å². The molecule has 0 N–H and O–H groups in total. The second kappa shape index (κ2) is 4.71. The molecule has 1 aliphatic rings. The topological polar surface area (TPSA) is 61.6 Å². The molecule has 1 unspecified atom stereocenters. The highest BCUT2D eigenvalue weighted by atomic mass is 32.2. The van der Waals surface area contributed by atoms with Gasteiger partial charge in [0.05, 0.1) is 18.6 Å². The van der Waals surface area contributed by atoms with Crippen LogP contribution in [0.25, 0.3) is 0 Å². The molecular formula is C10H11NO4S. The standard InChI is InChI=1S/C10H11NO4S/c1-14-9-6-7(16-10-4-5-15-10)2-3-8(9)11(12)13/h2-3,6,10H,4-5H2,1H3. The predicted octanol–water partition coefficient (Wildman–Crippen LogP) is 2.44. The zero-order valence-electron chi connectivity index (χ0n) is 8.71. The van der Waals surface area contributed by atoms with E-state index in [0.717, 1.165) is 17.9 Å². The van der Waals surface area contributed by atoms with Gasteiger partial charge >= 0.3 is 5.69 Å². The minimum absolute atomic E-state index is 0.0126. The molecule has 1 fully saturated rings. The smallest absolute Gasteiger partial charge is 0.310 e. The summed E-state index contributed by atoms with van der Waals surface area (Å²) < 4.78 is 10.3. The fourth-order valence-electron chi connectivity index (χ4n) is 1.34. The molecule has 0 spiro atoms. The van der Waals surface area contributed by atoms with E-state index in [0.29, 0.717) is 0 Å². The lowest BCUT2D eigenvalue weighted by Gasteiger charge is -2.25. The summed E-state index contributed by atoms with van der Waals surface area (Å²) in [6.07, 6.45) is 1.02. The number of nitrogens with zero attached hydrogens (tertiary/aromatic N) is 1. The van der Waals surface area contributed by atoms with Gasteiger partial charge in [-0.15, -0.1) is 0 Å². The number of ether oxygens (including phenoxy) is 2. The van der Waals surface area contributed by atoms with Gasteiger partial charge in [0.15, 0.2) is 5.75 Å². The second-order valence-electron chi connectivity index (χ2n) is 3.30. The van der Waals surface area contributed by atoms with Crippen molar-refractivity contribution in [3.8, 4) is 5.75 Å². The van der Waals surface area contributed by atoms with Crippen molar-refractivity contribution in [1.29, 1.82) is 0 Å². The van der Waals surface area contributed by atoms with Crippen LogP contribution in [0.15, 0.2) is 23.1 Å². The SMILES string of the molecule is COc1cc(SC2CCO2)ccc1[N+](=O)[O-]. The highest BCUT2D eigenvalue weighted by molar-refractivity contribution is 7.99. The van der Waals surface area contributed by atoms with Crippen molar-refractivity contribution in [3.63, 3.8) is 0 Å². The van der Waals surface area contributed by atoms with Gasteiger partial charge in [0, 0.05) is 23.4 Å². The van der Waals surface area contributed by atoms with Gasteiger partial charge in [-0.3, -0.25) is 10.1 Å². The number of thioether (sulfide) groups is 1. The van der Waals surface area contributed by atoms with Crippen LogP contribution in [0.4, 0.5) is 5.69 Å². The molecule has 1 aliphatic heterocycles. The van der Waals surface area contributed by atoms with Gasteiger partial charge in [0.25, 0.3) is 0 Å². The zero-order chi connectivity index (χ0) is 11.5. The number of methoxy groups -OCH3 is 1. The van der Waals surface area contributed by atoms with Crippen LogP contribution in [0.2, 0.25) is 0 Å². The van der Waals surface area contributed by atoms with E-state index in [4.69, 9.17) is 9.47 Å². The molecule has 86 valence electrons. The molecule has 16 heavy (non-hydrogen) atoms. The Hall–Kier alpha value is -1.27. The van der Waals surface area contributed by atoms with Gasteiger partial charge in [0.1, 0.15) is 5.44 Å². The molecule has 0 saturated carbocycles. The maximum atomic E-state index is 10.7. The van der Waals surface area contributed by atoms with Crippen LogP contribution in [0.1, 0.15) is 6.42 Å². The predicted molar refractivity (Wildman–Crippen MR) is 59.9 cm³/mol. The number of hydrogen-bond acceptors (Lipinski definition) is 5. The molecule has 1 aromatic carbocycles. The lowest BCUT2D eigenvalue weighted by molar-refractivity contribution is -0.385. The number of benzene rings is 1. The van der Waals surface area contributed by atoms with E-state index in [9.17, 15) is 10.1 Å². The first-order chi connectivity index (χ1) is 7.70. The third kappa shape index (κ3) is 2.28. The van der Waals surface area contributed by atoms with E-state index < -0.39 is 4.92 Å². The van der Waals surface area contributed by atoms with Crippen molar-refractivity contribution >= 4 is 17.4 Å². The summed E-state index contributed by atoms with van der Waals surface area (Å²) >= 11 is 1.56. The van der Waals surface area contributed by atoms with Gasteiger partial charge in [-0.1, -0.05) is 11.8 Å². The molecule has 2 rings (SSSR count). The summed E-state index contributed by atoms with van der Waals surface area (Å²) in [5.41, 5.74) is 0.160. The Balaban J connectivity index is 2.18. The van der Waals surface area contributed by atoms with Gasteiger partial charge in [-0.05, 0) is 6.07 Å². The number of hydrogen-bond donors (Lipinski definition) is 0. The highest BCUT2D eigenvalue weighted by Crippen LogP contribution is 2.36. The minimum atomic E-state index is -0.451. The van der Waals surface area contributed by atoms with Gasteiger partial charge in [0.2, 0.25) is 0 Å². The van der Waals surface area contributed by atoms with Gasteiger partial charge < -0.3 is 9.47 Å². The monoisotopic (exact) mass is 241 g/mol.